The first-order valence-electron chi connectivity index (χ1n) is 11.1. The summed E-state index contributed by atoms with van der Waals surface area (Å²) in [7, 11) is 0. The fourth-order valence-corrected chi connectivity index (χ4v) is 5.65. The van der Waals surface area contributed by atoms with Gasteiger partial charge in [-0.2, -0.15) is 0 Å². The lowest BCUT2D eigenvalue weighted by molar-refractivity contribution is -0.224. The Morgan fingerprint density at radius 1 is 1.11 bits per heavy atom. The molecule has 0 bridgehead atoms. The van der Waals surface area contributed by atoms with Crippen molar-refractivity contribution in [2.24, 2.45) is 0 Å². The number of aliphatic hydroxyl groups excluding tert-OH is 6. The van der Waals surface area contributed by atoms with E-state index in [4.69, 9.17) is 18.9 Å². The van der Waals surface area contributed by atoms with Crippen LogP contribution in [0, 0.1) is 0 Å². The highest BCUT2D eigenvalue weighted by molar-refractivity contribution is 8.01. The molecule has 0 aromatic carbocycles. The Bertz CT molecular complexity index is 786. The molecule has 3 fully saturated rings. The number of carbonyl (C=O) groups is 2. The van der Waals surface area contributed by atoms with Crippen LogP contribution >= 0.6 is 11.8 Å². The predicted molar refractivity (Wildman–Crippen MR) is 116 cm³/mol. The molecule has 8 N–H and O–H groups in total. The van der Waals surface area contributed by atoms with Crippen LogP contribution in [-0.2, 0) is 28.5 Å². The van der Waals surface area contributed by atoms with Gasteiger partial charge in [-0.1, -0.05) is 0 Å². The van der Waals surface area contributed by atoms with Gasteiger partial charge in [-0.15, -0.1) is 11.8 Å². The van der Waals surface area contributed by atoms with Gasteiger partial charge in [-0.25, -0.2) is 4.79 Å². The number of carboxylic acids is 1. The second-order valence-electron chi connectivity index (χ2n) is 9.32. The van der Waals surface area contributed by atoms with Gasteiger partial charge in [0.15, 0.2) is 12.1 Å². The molecule has 0 saturated carbocycles. The zero-order chi connectivity index (χ0) is 26.3. The summed E-state index contributed by atoms with van der Waals surface area (Å²) < 4.78 is 22.3. The van der Waals surface area contributed by atoms with Crippen LogP contribution in [0.1, 0.15) is 27.2 Å². The topological polar surface area (TPSA) is 225 Å². The number of carbonyl (C=O) groups excluding carboxylic acids is 1. The van der Waals surface area contributed by atoms with Crippen molar-refractivity contribution in [1.82, 2.24) is 5.32 Å². The number of rotatable bonds is 9. The molecule has 3 saturated heterocycles. The molecule has 3 aliphatic heterocycles. The largest absolute Gasteiger partial charge is 0.478 e. The SMILES string of the molecule is CC(=O)N[C@H]1[C@H]([C@H](O)[C@H](O)CO)O[C@@](SC[C@@H](O)[C@H]2O[C@@H]3OC(C)(C)O[C@@H]3[C@H]2O)(C(=O)O)C[C@@H]1O. The van der Waals surface area contributed by atoms with Gasteiger partial charge in [0.05, 0.1) is 24.9 Å². The average Bonchev–Trinajstić information content (AvgIpc) is 3.24. The number of fused-ring (bicyclic) bond motifs is 1. The summed E-state index contributed by atoms with van der Waals surface area (Å²) >= 11 is 0.570. The van der Waals surface area contributed by atoms with E-state index < -0.39 is 96.8 Å². The summed E-state index contributed by atoms with van der Waals surface area (Å²) in [6, 6.07) is -1.29. The average molecular weight is 528 g/mol. The molecule has 0 radical (unpaired) electrons. The maximum Gasteiger partial charge on any atom is 0.346 e. The van der Waals surface area contributed by atoms with Gasteiger partial charge < -0.3 is 60.0 Å². The second-order valence-corrected chi connectivity index (χ2v) is 10.6. The summed E-state index contributed by atoms with van der Waals surface area (Å²) in [6.07, 6.45) is -13.0. The van der Waals surface area contributed by atoms with Gasteiger partial charge >= 0.3 is 5.97 Å². The van der Waals surface area contributed by atoms with E-state index >= 15 is 0 Å². The molecule has 3 heterocycles. The number of nitrogens with one attached hydrogen (secondary N) is 1. The summed E-state index contributed by atoms with van der Waals surface area (Å²) in [5, 5.41) is 73.7. The number of aliphatic carboxylic acids is 1. The fraction of sp³-hybridized carbons (Fsp3) is 0.900. The number of ether oxygens (including phenoxy) is 4. The van der Waals surface area contributed by atoms with Crippen molar-refractivity contribution in [2.45, 2.75) is 99.1 Å². The standard InChI is InChI=1S/C20H33NO13S/c1-7(23)21-11-8(24)4-20(18(29)30,33-15(11)12(27)9(25)5-22)35-6-10(26)14-13(28)16-17(31-14)34-19(2,3)32-16/h8-17,22,24-28H,4-6H2,1-3H3,(H,21,23)(H,29,30)/t8-,9+,10+,11+,12+,13-,14+,15+,16+,17+,20-/m0/s1. The quantitative estimate of drug-likeness (QED) is 0.145. The molecule has 3 rings (SSSR count). The zero-order valence-corrected chi connectivity index (χ0v) is 20.2. The molecule has 0 unspecified atom stereocenters. The molecule has 202 valence electrons. The maximum absolute atomic E-state index is 12.2. The Hall–Kier alpha value is -1.11. The first kappa shape index (κ1) is 28.5. The Morgan fingerprint density at radius 3 is 2.31 bits per heavy atom. The highest BCUT2D eigenvalue weighted by atomic mass is 32.2. The Morgan fingerprint density at radius 2 is 1.77 bits per heavy atom. The molecule has 3 aliphatic rings. The Labute approximate surface area is 205 Å². The molecule has 0 aliphatic carbocycles. The van der Waals surface area contributed by atoms with Gasteiger partial charge in [-0.05, 0) is 13.8 Å². The van der Waals surface area contributed by atoms with E-state index in [0.717, 1.165) is 6.92 Å². The van der Waals surface area contributed by atoms with E-state index in [1.165, 1.54) is 0 Å². The van der Waals surface area contributed by atoms with Crippen LogP contribution in [0.25, 0.3) is 0 Å². The van der Waals surface area contributed by atoms with Crippen LogP contribution < -0.4 is 5.32 Å². The number of aliphatic hydroxyl groups is 6. The van der Waals surface area contributed by atoms with Gasteiger partial charge in [0, 0.05) is 19.1 Å². The molecule has 0 aromatic rings. The van der Waals surface area contributed by atoms with E-state index in [9.17, 15) is 45.3 Å². The lowest BCUT2D eigenvalue weighted by atomic mass is 9.90. The van der Waals surface area contributed by atoms with Gasteiger partial charge in [-0.3, -0.25) is 4.79 Å². The van der Waals surface area contributed by atoms with Crippen molar-refractivity contribution in [3.63, 3.8) is 0 Å². The third-order valence-electron chi connectivity index (χ3n) is 6.11. The molecule has 0 spiro atoms. The van der Waals surface area contributed by atoms with Crippen LogP contribution in [0.15, 0.2) is 0 Å². The number of thioether (sulfide) groups is 1. The van der Waals surface area contributed by atoms with Crippen LogP contribution in [0.3, 0.4) is 0 Å². The number of amides is 1. The highest BCUT2D eigenvalue weighted by Crippen LogP contribution is 2.43. The highest BCUT2D eigenvalue weighted by Gasteiger charge is 2.58. The number of hydrogen-bond acceptors (Lipinski definition) is 13. The minimum atomic E-state index is -2.22. The second kappa shape index (κ2) is 10.7. The van der Waals surface area contributed by atoms with Crippen LogP contribution in [0.5, 0.6) is 0 Å². The van der Waals surface area contributed by atoms with Crippen molar-refractivity contribution in [3.05, 3.63) is 0 Å². The molecule has 14 nitrogen and oxygen atoms in total. The fourth-order valence-electron chi connectivity index (χ4n) is 4.43. The van der Waals surface area contributed by atoms with Crippen molar-refractivity contribution in [1.29, 1.82) is 0 Å². The van der Waals surface area contributed by atoms with Gasteiger partial charge in [0.1, 0.15) is 36.6 Å². The first-order valence-corrected chi connectivity index (χ1v) is 12.0. The normalized spacial score (nSPS) is 41.1. The molecule has 11 atom stereocenters. The third kappa shape index (κ3) is 5.91. The van der Waals surface area contributed by atoms with Crippen LogP contribution in [0.4, 0.5) is 0 Å². The maximum atomic E-state index is 12.2. The van der Waals surface area contributed by atoms with Gasteiger partial charge in [0.2, 0.25) is 10.8 Å². The molecular weight excluding hydrogens is 494 g/mol. The number of carboxylic acid groups (broad SMARTS) is 1. The minimum Gasteiger partial charge on any atom is -0.478 e. The van der Waals surface area contributed by atoms with Crippen molar-refractivity contribution in [3.8, 4) is 0 Å². The van der Waals surface area contributed by atoms with E-state index in [-0.39, 0.29) is 5.75 Å². The molecular formula is C20H33NO13S. The Kier molecular flexibility index (Phi) is 8.71. The minimum absolute atomic E-state index is 0.347. The predicted octanol–water partition coefficient (Wildman–Crippen LogP) is -3.53. The summed E-state index contributed by atoms with van der Waals surface area (Å²) in [5.74, 6) is -3.49. The zero-order valence-electron chi connectivity index (χ0n) is 19.4. The summed E-state index contributed by atoms with van der Waals surface area (Å²) in [6.45, 7) is 3.52. The molecule has 1 amide bonds. The van der Waals surface area contributed by atoms with Crippen LogP contribution in [-0.4, -0.2) is 132 Å². The lowest BCUT2D eigenvalue weighted by Gasteiger charge is -2.46. The summed E-state index contributed by atoms with van der Waals surface area (Å²) in [5.41, 5.74) is 0. The van der Waals surface area contributed by atoms with E-state index in [1.54, 1.807) is 13.8 Å². The van der Waals surface area contributed by atoms with Crippen LogP contribution in [0.2, 0.25) is 0 Å². The van der Waals surface area contributed by atoms with E-state index in [1.807, 2.05) is 0 Å². The number of hydrogen-bond donors (Lipinski definition) is 8. The monoisotopic (exact) mass is 527 g/mol. The molecule has 15 heteroatoms. The first-order chi connectivity index (χ1) is 16.2. The van der Waals surface area contributed by atoms with Crippen molar-refractivity contribution >= 4 is 23.6 Å². The summed E-state index contributed by atoms with van der Waals surface area (Å²) in [4.78, 5) is 21.6. The van der Waals surface area contributed by atoms with Gasteiger partial charge in [0.25, 0.3) is 0 Å². The van der Waals surface area contributed by atoms with Crippen molar-refractivity contribution in [2.75, 3.05) is 12.4 Å². The smallest absolute Gasteiger partial charge is 0.346 e. The van der Waals surface area contributed by atoms with Crippen molar-refractivity contribution < 1.29 is 64.3 Å². The lowest BCUT2D eigenvalue weighted by Crippen LogP contribution is -2.66. The Balaban J connectivity index is 1.74. The van der Waals surface area contributed by atoms with E-state index in [0.29, 0.717) is 11.8 Å². The molecule has 35 heavy (non-hydrogen) atoms. The van der Waals surface area contributed by atoms with E-state index in [2.05, 4.69) is 5.32 Å². The molecule has 0 aromatic heterocycles. The third-order valence-corrected chi connectivity index (χ3v) is 7.52.